The van der Waals surface area contributed by atoms with E-state index in [2.05, 4.69) is 20.8 Å². The summed E-state index contributed by atoms with van der Waals surface area (Å²) in [4.78, 5) is 14.3. The summed E-state index contributed by atoms with van der Waals surface area (Å²) >= 11 is 7.36. The lowest BCUT2D eigenvalue weighted by molar-refractivity contribution is -0.113. The molecular formula is C15H21ClN6O2S. The van der Waals surface area contributed by atoms with Crippen LogP contribution in [0.1, 0.15) is 5.56 Å². The quantitative estimate of drug-likeness (QED) is 0.696. The number of carbonyl (C=O) groups is 1. The van der Waals surface area contributed by atoms with Gasteiger partial charge in [0.2, 0.25) is 11.1 Å². The number of likely N-dealkylation sites (N-methyl/N-ethyl adjacent to an activating group) is 1. The molecule has 0 aliphatic heterocycles. The maximum absolute atomic E-state index is 12.2. The Morgan fingerprint density at radius 2 is 2.20 bits per heavy atom. The lowest BCUT2D eigenvalue weighted by Gasteiger charge is -2.12. The van der Waals surface area contributed by atoms with Crippen LogP contribution in [0.25, 0.3) is 0 Å². The zero-order chi connectivity index (χ0) is 18.4. The van der Waals surface area contributed by atoms with Gasteiger partial charge in [-0.3, -0.25) is 4.79 Å². The van der Waals surface area contributed by atoms with Gasteiger partial charge in [0, 0.05) is 17.6 Å². The fraction of sp³-hybridized carbons (Fsp3) is 0.467. The van der Waals surface area contributed by atoms with Gasteiger partial charge in [0.05, 0.1) is 25.1 Å². The van der Waals surface area contributed by atoms with E-state index in [0.717, 1.165) is 12.1 Å². The van der Waals surface area contributed by atoms with Crippen LogP contribution in [0.4, 0.5) is 5.69 Å². The number of benzene rings is 1. The first-order valence-corrected chi connectivity index (χ1v) is 8.94. The fourth-order valence-electron chi connectivity index (χ4n) is 1.98. The Kier molecular flexibility index (Phi) is 7.03. The molecule has 1 N–H and O–H groups in total. The van der Waals surface area contributed by atoms with Crippen molar-refractivity contribution in [3.8, 4) is 5.75 Å². The molecule has 136 valence electrons. The standard InChI is InChI=1S/C15H21ClN6O2S/c1-10-7-12(13(24-4)8-11(10)16)17-14(23)9-25-15-18-19-20-22(15)6-5-21(2)3/h7-8H,5-6,9H2,1-4H3,(H,17,23). The molecule has 0 aliphatic carbocycles. The largest absolute Gasteiger partial charge is 0.495 e. The average Bonchev–Trinajstić information content (AvgIpc) is 3.01. The van der Waals surface area contributed by atoms with E-state index in [9.17, 15) is 4.79 Å². The second-order valence-corrected chi connectivity index (χ2v) is 6.98. The predicted octanol–water partition coefficient (Wildman–Crippen LogP) is 1.94. The highest BCUT2D eigenvalue weighted by molar-refractivity contribution is 7.99. The van der Waals surface area contributed by atoms with E-state index < -0.39 is 0 Å². The molecular weight excluding hydrogens is 364 g/mol. The molecule has 25 heavy (non-hydrogen) atoms. The van der Waals surface area contributed by atoms with Crippen molar-refractivity contribution in [2.45, 2.75) is 18.6 Å². The van der Waals surface area contributed by atoms with Gasteiger partial charge >= 0.3 is 0 Å². The van der Waals surface area contributed by atoms with E-state index in [4.69, 9.17) is 16.3 Å². The number of aryl methyl sites for hydroxylation is 1. The summed E-state index contributed by atoms with van der Waals surface area (Å²) in [6.07, 6.45) is 0. The molecule has 0 bridgehead atoms. The molecule has 1 aromatic carbocycles. The lowest BCUT2D eigenvalue weighted by atomic mass is 10.2. The van der Waals surface area contributed by atoms with E-state index >= 15 is 0 Å². The van der Waals surface area contributed by atoms with E-state index in [1.807, 2.05) is 25.9 Å². The Morgan fingerprint density at radius 3 is 2.88 bits per heavy atom. The highest BCUT2D eigenvalue weighted by Crippen LogP contribution is 2.31. The van der Waals surface area contributed by atoms with Gasteiger partial charge < -0.3 is 15.0 Å². The Hall–Kier alpha value is -1.84. The van der Waals surface area contributed by atoms with Crippen molar-refractivity contribution < 1.29 is 9.53 Å². The Bertz CT molecular complexity index is 737. The van der Waals surface area contributed by atoms with Crippen LogP contribution >= 0.6 is 23.4 Å². The number of hydrogen-bond donors (Lipinski definition) is 1. The minimum Gasteiger partial charge on any atom is -0.495 e. The number of methoxy groups -OCH3 is 1. The van der Waals surface area contributed by atoms with E-state index in [0.29, 0.717) is 28.2 Å². The van der Waals surface area contributed by atoms with Crippen molar-refractivity contribution in [3.05, 3.63) is 22.7 Å². The molecule has 0 radical (unpaired) electrons. The fourth-order valence-corrected chi connectivity index (χ4v) is 2.84. The highest BCUT2D eigenvalue weighted by Gasteiger charge is 2.13. The molecule has 8 nitrogen and oxygen atoms in total. The number of nitrogens with zero attached hydrogens (tertiary/aromatic N) is 5. The molecule has 0 fully saturated rings. The van der Waals surface area contributed by atoms with Crippen LogP contribution < -0.4 is 10.1 Å². The average molecular weight is 385 g/mol. The van der Waals surface area contributed by atoms with Crippen molar-refractivity contribution in [1.29, 1.82) is 0 Å². The molecule has 2 rings (SSSR count). The van der Waals surface area contributed by atoms with Gasteiger partial charge in [-0.1, -0.05) is 23.4 Å². The normalized spacial score (nSPS) is 11.0. The number of thioether (sulfide) groups is 1. The second kappa shape index (κ2) is 9.02. The number of aromatic nitrogens is 4. The van der Waals surface area contributed by atoms with Crippen molar-refractivity contribution >= 4 is 35.0 Å². The molecule has 1 heterocycles. The minimum absolute atomic E-state index is 0.174. The van der Waals surface area contributed by atoms with Crippen LogP contribution in [0.2, 0.25) is 5.02 Å². The SMILES string of the molecule is COc1cc(Cl)c(C)cc1NC(=O)CSc1nnnn1CCN(C)C. The summed E-state index contributed by atoms with van der Waals surface area (Å²) in [5.41, 5.74) is 1.44. The zero-order valence-corrected chi connectivity index (χ0v) is 16.2. The van der Waals surface area contributed by atoms with Gasteiger partial charge in [0.25, 0.3) is 0 Å². The van der Waals surface area contributed by atoms with Crippen LogP contribution in [-0.2, 0) is 11.3 Å². The van der Waals surface area contributed by atoms with Gasteiger partial charge in [0.1, 0.15) is 5.75 Å². The number of ether oxygens (including phenoxy) is 1. The number of halogens is 1. The topological polar surface area (TPSA) is 85.2 Å². The summed E-state index contributed by atoms with van der Waals surface area (Å²) in [5.74, 6) is 0.532. The summed E-state index contributed by atoms with van der Waals surface area (Å²) in [7, 11) is 5.49. The number of tetrazole rings is 1. The third-order valence-corrected chi connectivity index (χ3v) is 4.71. The first-order chi connectivity index (χ1) is 11.9. The third kappa shape index (κ3) is 5.58. The van der Waals surface area contributed by atoms with Crippen LogP contribution in [0.5, 0.6) is 5.75 Å². The van der Waals surface area contributed by atoms with Gasteiger partial charge in [-0.15, -0.1) is 5.10 Å². The van der Waals surface area contributed by atoms with Crippen molar-refractivity contribution in [2.75, 3.05) is 38.8 Å². The lowest BCUT2D eigenvalue weighted by Crippen LogP contribution is -2.20. The van der Waals surface area contributed by atoms with Crippen molar-refractivity contribution in [1.82, 2.24) is 25.1 Å². The number of anilines is 1. The van der Waals surface area contributed by atoms with Crippen molar-refractivity contribution in [3.63, 3.8) is 0 Å². The molecule has 0 saturated heterocycles. The smallest absolute Gasteiger partial charge is 0.234 e. The number of rotatable bonds is 8. The summed E-state index contributed by atoms with van der Waals surface area (Å²) in [6.45, 7) is 3.34. The highest BCUT2D eigenvalue weighted by atomic mass is 35.5. The molecule has 1 aromatic heterocycles. The molecule has 1 amide bonds. The van der Waals surface area contributed by atoms with E-state index in [1.54, 1.807) is 16.8 Å². The molecule has 10 heteroatoms. The minimum atomic E-state index is -0.174. The molecule has 2 aromatic rings. The van der Waals surface area contributed by atoms with Gasteiger partial charge in [-0.05, 0) is 43.1 Å². The van der Waals surface area contributed by atoms with Crippen LogP contribution in [0.15, 0.2) is 17.3 Å². The van der Waals surface area contributed by atoms with E-state index in [1.165, 1.54) is 18.9 Å². The maximum atomic E-state index is 12.2. The second-order valence-electron chi connectivity index (χ2n) is 5.63. The van der Waals surface area contributed by atoms with Gasteiger partial charge in [-0.2, -0.15) is 0 Å². The first kappa shape index (κ1) is 19.5. The summed E-state index contributed by atoms with van der Waals surface area (Å²) in [6, 6.07) is 3.46. The first-order valence-electron chi connectivity index (χ1n) is 7.58. The zero-order valence-electron chi connectivity index (χ0n) is 14.6. The molecule has 0 aliphatic rings. The van der Waals surface area contributed by atoms with Crippen LogP contribution in [0.3, 0.4) is 0 Å². The third-order valence-electron chi connectivity index (χ3n) is 3.35. The summed E-state index contributed by atoms with van der Waals surface area (Å²) < 4.78 is 6.94. The van der Waals surface area contributed by atoms with Gasteiger partial charge in [-0.25, -0.2) is 4.68 Å². The Balaban J connectivity index is 1.96. The number of amides is 1. The monoisotopic (exact) mass is 384 g/mol. The Morgan fingerprint density at radius 1 is 1.44 bits per heavy atom. The number of nitrogens with one attached hydrogen (secondary N) is 1. The van der Waals surface area contributed by atoms with Crippen LogP contribution in [-0.4, -0.2) is 64.5 Å². The summed E-state index contributed by atoms with van der Waals surface area (Å²) in [5, 5.41) is 15.6. The van der Waals surface area contributed by atoms with Crippen molar-refractivity contribution in [2.24, 2.45) is 0 Å². The molecule has 0 atom stereocenters. The van der Waals surface area contributed by atoms with Gasteiger partial charge in [0.15, 0.2) is 0 Å². The van der Waals surface area contributed by atoms with Crippen LogP contribution in [0, 0.1) is 6.92 Å². The molecule has 0 unspecified atom stereocenters. The van der Waals surface area contributed by atoms with E-state index in [-0.39, 0.29) is 11.7 Å². The molecule has 0 saturated carbocycles. The maximum Gasteiger partial charge on any atom is 0.234 e. The Labute approximate surface area is 155 Å². The molecule has 0 spiro atoms. The predicted molar refractivity (Wildman–Crippen MR) is 98.5 cm³/mol. The number of hydrogen-bond acceptors (Lipinski definition) is 7. The number of carbonyl (C=O) groups excluding carboxylic acids is 1.